The highest BCUT2D eigenvalue weighted by Crippen LogP contribution is 2.38. The Bertz CT molecular complexity index is 1170. The molecule has 0 aliphatic heterocycles. The molecule has 33 heavy (non-hydrogen) atoms. The first-order chi connectivity index (χ1) is 16.3. The van der Waals surface area contributed by atoms with Crippen molar-refractivity contribution < 1.29 is 13.9 Å². The summed E-state index contributed by atoms with van der Waals surface area (Å²) in [5, 5.41) is 0. The molecule has 0 bridgehead atoms. The number of ether oxygens (including phenoxy) is 2. The minimum atomic E-state index is -0.0557. The average Bonchev–Trinajstić information content (AvgIpc) is 3.65. The van der Waals surface area contributed by atoms with Gasteiger partial charge in [0.15, 0.2) is 0 Å². The summed E-state index contributed by atoms with van der Waals surface area (Å²) in [4.78, 5) is 6.72. The number of H-pyrrole nitrogens is 2. The van der Waals surface area contributed by atoms with Crippen molar-refractivity contribution in [2.75, 3.05) is 14.2 Å². The number of hydrogen-bond donors (Lipinski definition) is 2. The van der Waals surface area contributed by atoms with E-state index in [1.54, 1.807) is 14.2 Å². The standard InChI is InChI=1S/C28H26N2O3/c1-31-21-11-7-19(8-12-21)27(23-5-3-17-29-23)25-15-16-26(33-25)28(24-6-4-18-30-24)20-9-13-22(32-2)14-10-20/h3-18,27-30H,1-2H3. The summed E-state index contributed by atoms with van der Waals surface area (Å²) < 4.78 is 17.3. The van der Waals surface area contributed by atoms with E-state index in [4.69, 9.17) is 13.9 Å². The third-order valence-electron chi connectivity index (χ3n) is 5.98. The molecule has 0 saturated carbocycles. The summed E-state index contributed by atoms with van der Waals surface area (Å²) in [6, 6.07) is 28.6. The summed E-state index contributed by atoms with van der Waals surface area (Å²) in [5.41, 5.74) is 4.39. The van der Waals surface area contributed by atoms with Crippen LogP contribution in [0.4, 0.5) is 0 Å². The summed E-state index contributed by atoms with van der Waals surface area (Å²) in [6.07, 6.45) is 3.88. The molecule has 0 radical (unpaired) electrons. The van der Waals surface area contributed by atoms with Gasteiger partial charge in [0.05, 0.1) is 26.1 Å². The average molecular weight is 439 g/mol. The maximum absolute atomic E-state index is 6.58. The Morgan fingerprint density at radius 2 is 1.00 bits per heavy atom. The van der Waals surface area contributed by atoms with Gasteiger partial charge in [0, 0.05) is 23.8 Å². The van der Waals surface area contributed by atoms with E-state index >= 15 is 0 Å². The Morgan fingerprint density at radius 1 is 0.576 bits per heavy atom. The molecule has 5 rings (SSSR count). The number of methoxy groups -OCH3 is 2. The summed E-state index contributed by atoms with van der Waals surface area (Å²) >= 11 is 0. The van der Waals surface area contributed by atoms with Crippen LogP contribution in [0.1, 0.15) is 45.9 Å². The fourth-order valence-electron chi connectivity index (χ4n) is 4.31. The fourth-order valence-corrected chi connectivity index (χ4v) is 4.31. The predicted octanol–water partition coefficient (Wildman–Crippen LogP) is 6.31. The molecule has 0 fully saturated rings. The normalized spacial score (nSPS) is 12.9. The van der Waals surface area contributed by atoms with Crippen LogP contribution in [-0.2, 0) is 0 Å². The molecule has 0 spiro atoms. The van der Waals surface area contributed by atoms with Gasteiger partial charge in [0.2, 0.25) is 0 Å². The van der Waals surface area contributed by atoms with Gasteiger partial charge in [0.25, 0.3) is 0 Å². The molecule has 0 amide bonds. The second-order valence-corrected chi connectivity index (χ2v) is 7.90. The van der Waals surface area contributed by atoms with Crippen LogP contribution in [0.5, 0.6) is 11.5 Å². The van der Waals surface area contributed by atoms with Gasteiger partial charge in [-0.3, -0.25) is 0 Å². The third kappa shape index (κ3) is 4.17. The molecule has 2 unspecified atom stereocenters. The van der Waals surface area contributed by atoms with Crippen molar-refractivity contribution in [3.05, 3.63) is 131 Å². The molecule has 2 atom stereocenters. The molecule has 2 N–H and O–H groups in total. The third-order valence-corrected chi connectivity index (χ3v) is 5.98. The Kier molecular flexibility index (Phi) is 5.77. The van der Waals surface area contributed by atoms with Crippen molar-refractivity contribution in [3.63, 3.8) is 0 Å². The maximum Gasteiger partial charge on any atom is 0.118 e. The van der Waals surface area contributed by atoms with Crippen LogP contribution in [0.25, 0.3) is 0 Å². The molecule has 166 valence electrons. The van der Waals surface area contributed by atoms with Gasteiger partial charge < -0.3 is 23.9 Å². The number of rotatable bonds is 8. The van der Waals surface area contributed by atoms with E-state index in [-0.39, 0.29) is 11.8 Å². The number of furan rings is 1. The maximum atomic E-state index is 6.58. The molecule has 3 heterocycles. The van der Waals surface area contributed by atoms with Crippen LogP contribution >= 0.6 is 0 Å². The summed E-state index contributed by atoms with van der Waals surface area (Å²) in [7, 11) is 3.35. The number of aromatic nitrogens is 2. The Balaban J connectivity index is 1.56. The van der Waals surface area contributed by atoms with E-state index in [2.05, 4.69) is 58.5 Å². The molecule has 0 aliphatic rings. The van der Waals surface area contributed by atoms with E-state index in [9.17, 15) is 0 Å². The number of benzene rings is 2. The topological polar surface area (TPSA) is 63.2 Å². The molecule has 5 aromatic rings. The second kappa shape index (κ2) is 9.17. The van der Waals surface area contributed by atoms with E-state index in [0.717, 1.165) is 45.5 Å². The largest absolute Gasteiger partial charge is 0.497 e. The van der Waals surface area contributed by atoms with Crippen LogP contribution < -0.4 is 9.47 Å². The van der Waals surface area contributed by atoms with Gasteiger partial charge in [-0.1, -0.05) is 24.3 Å². The molecule has 0 aliphatic carbocycles. The van der Waals surface area contributed by atoms with Crippen molar-refractivity contribution in [1.29, 1.82) is 0 Å². The highest BCUT2D eigenvalue weighted by molar-refractivity contribution is 5.43. The van der Waals surface area contributed by atoms with Crippen LogP contribution in [0.3, 0.4) is 0 Å². The zero-order valence-corrected chi connectivity index (χ0v) is 18.6. The number of nitrogens with one attached hydrogen (secondary N) is 2. The second-order valence-electron chi connectivity index (χ2n) is 7.90. The van der Waals surface area contributed by atoms with Gasteiger partial charge in [-0.2, -0.15) is 0 Å². The molecule has 3 aromatic heterocycles. The molecule has 2 aromatic carbocycles. The van der Waals surface area contributed by atoms with E-state index in [1.165, 1.54) is 0 Å². The van der Waals surface area contributed by atoms with Crippen LogP contribution in [0.15, 0.2) is 102 Å². The van der Waals surface area contributed by atoms with Crippen LogP contribution in [0, 0.1) is 0 Å². The zero-order chi connectivity index (χ0) is 22.6. The Labute approximate surface area is 193 Å². The van der Waals surface area contributed by atoms with Crippen LogP contribution in [-0.4, -0.2) is 24.2 Å². The quantitative estimate of drug-likeness (QED) is 0.298. The zero-order valence-electron chi connectivity index (χ0n) is 18.6. The van der Waals surface area contributed by atoms with Crippen molar-refractivity contribution in [1.82, 2.24) is 9.97 Å². The number of aromatic amines is 2. The highest BCUT2D eigenvalue weighted by atomic mass is 16.5. The molecule has 5 nitrogen and oxygen atoms in total. The van der Waals surface area contributed by atoms with Gasteiger partial charge in [-0.05, 0) is 71.8 Å². The van der Waals surface area contributed by atoms with Crippen molar-refractivity contribution in [2.24, 2.45) is 0 Å². The molecular weight excluding hydrogens is 412 g/mol. The minimum Gasteiger partial charge on any atom is -0.497 e. The molecule has 0 saturated heterocycles. The van der Waals surface area contributed by atoms with Crippen molar-refractivity contribution in [2.45, 2.75) is 11.8 Å². The fraction of sp³-hybridized carbons (Fsp3) is 0.143. The van der Waals surface area contributed by atoms with Crippen LogP contribution in [0.2, 0.25) is 0 Å². The number of hydrogen-bond acceptors (Lipinski definition) is 3. The molecular formula is C28H26N2O3. The van der Waals surface area contributed by atoms with Gasteiger partial charge in [0.1, 0.15) is 23.0 Å². The lowest BCUT2D eigenvalue weighted by Crippen LogP contribution is -2.04. The minimum absolute atomic E-state index is 0.0557. The van der Waals surface area contributed by atoms with Crippen molar-refractivity contribution in [3.8, 4) is 11.5 Å². The van der Waals surface area contributed by atoms with Gasteiger partial charge in [-0.15, -0.1) is 0 Å². The monoisotopic (exact) mass is 438 g/mol. The van der Waals surface area contributed by atoms with E-state index in [1.807, 2.05) is 48.8 Å². The molecule has 5 heteroatoms. The summed E-state index contributed by atoms with van der Waals surface area (Å²) in [5.74, 6) is 3.30. The van der Waals surface area contributed by atoms with E-state index < -0.39 is 0 Å². The summed E-state index contributed by atoms with van der Waals surface area (Å²) in [6.45, 7) is 0. The lowest BCUT2D eigenvalue weighted by Gasteiger charge is -2.17. The first kappa shape index (κ1) is 20.8. The first-order valence-electron chi connectivity index (χ1n) is 10.9. The first-order valence-corrected chi connectivity index (χ1v) is 10.9. The lowest BCUT2D eigenvalue weighted by atomic mass is 9.93. The van der Waals surface area contributed by atoms with Gasteiger partial charge in [-0.25, -0.2) is 0 Å². The predicted molar refractivity (Wildman–Crippen MR) is 128 cm³/mol. The highest BCUT2D eigenvalue weighted by Gasteiger charge is 2.26. The van der Waals surface area contributed by atoms with E-state index in [0.29, 0.717) is 0 Å². The Hall–Kier alpha value is -4.12. The Morgan fingerprint density at radius 3 is 1.33 bits per heavy atom. The lowest BCUT2D eigenvalue weighted by molar-refractivity contribution is 0.414. The SMILES string of the molecule is COc1ccc(C(c2ccc[nH]2)c2ccc(C(c3ccc(OC)cc3)c3ccc[nH]3)o2)cc1. The smallest absolute Gasteiger partial charge is 0.118 e. The van der Waals surface area contributed by atoms with Crippen molar-refractivity contribution >= 4 is 0 Å². The van der Waals surface area contributed by atoms with Gasteiger partial charge >= 0.3 is 0 Å².